The molecule has 0 atom stereocenters. The summed E-state index contributed by atoms with van der Waals surface area (Å²) < 4.78 is 43.6. The van der Waals surface area contributed by atoms with Gasteiger partial charge in [0, 0.05) is 19.4 Å². The zero-order valence-corrected chi connectivity index (χ0v) is 20.5. The zero-order valence-electron chi connectivity index (χ0n) is 15.9. The monoisotopic (exact) mass is 578 g/mol. The molecule has 0 aromatic carbocycles. The maximum atomic E-state index is 10.9. The van der Waals surface area contributed by atoms with Crippen LogP contribution in [0.25, 0.3) is 0 Å². The molecule has 0 unspecified atom stereocenters. The molecule has 0 rings (SSSR count). The van der Waals surface area contributed by atoms with Crippen LogP contribution >= 0.6 is 30.4 Å². The standard InChI is InChI=1S/C6H20N2O12P4.Co.5H3N/c9-21(10,11)3-7(4-22(12,13)14)1-2-8(5-23(15,16)17)6-24(18,19)20;;;;;;/h1-6H2,(H2,9,10,11)(H2,12,13,14)(H2,15,16,17)(H2,18,19,20);;5*1H3/q;+2;;;;;/p-2. The Balaban J connectivity index is -0.000000176. The van der Waals surface area contributed by atoms with Gasteiger partial charge in [0.2, 0.25) is 0 Å². The van der Waals surface area contributed by atoms with E-state index >= 15 is 0 Å². The second-order valence-corrected chi connectivity index (χ2v) is 11.3. The molecule has 0 aliphatic heterocycles. The minimum absolute atomic E-state index is 0. The smallest absolute Gasteiger partial charge is 0.810 e. The van der Waals surface area contributed by atoms with Crippen molar-refractivity contribution in [3.8, 4) is 0 Å². The predicted octanol–water partition coefficient (Wildman–Crippen LogP) is -2.33. The average Bonchev–Trinajstić information content (AvgIpc) is 2.16. The topological polar surface area (TPSA) is 417 Å². The fourth-order valence-electron chi connectivity index (χ4n) is 1.68. The Hall–Kier alpha value is 0.826. The summed E-state index contributed by atoms with van der Waals surface area (Å²) in [7, 11) is -19.4. The fraction of sp³-hybridized carbons (Fsp3) is 1.00. The van der Waals surface area contributed by atoms with Crippen LogP contribution in [0, 0.1) is 0 Å². The molecule has 0 saturated heterocycles. The van der Waals surface area contributed by atoms with Crippen molar-refractivity contribution in [1.82, 2.24) is 40.6 Å². The quantitative estimate of drug-likeness (QED) is 0.114. The van der Waals surface area contributed by atoms with E-state index in [9.17, 15) is 28.0 Å². The van der Waals surface area contributed by atoms with Gasteiger partial charge in [-0.1, -0.05) is 7.60 Å². The molecule has 0 aromatic rings. The third kappa shape index (κ3) is 33.5. The molecular formula is C6H33CoN7O12P4. The van der Waals surface area contributed by atoms with E-state index < -0.39 is 68.6 Å². The van der Waals surface area contributed by atoms with Crippen LogP contribution < -0.4 is 40.5 Å². The van der Waals surface area contributed by atoms with Gasteiger partial charge >= 0.3 is 39.6 Å². The van der Waals surface area contributed by atoms with E-state index in [1.165, 1.54) is 0 Å². The van der Waals surface area contributed by atoms with E-state index in [0.29, 0.717) is 9.80 Å². The summed E-state index contributed by atoms with van der Waals surface area (Å²) in [5.41, 5.74) is 0. The number of nitrogens with zero attached hydrogens (tertiary/aromatic N) is 2. The van der Waals surface area contributed by atoms with Crippen LogP contribution in [-0.2, 0) is 35.0 Å². The third-order valence-electron chi connectivity index (χ3n) is 2.26. The minimum Gasteiger partial charge on any atom is -0.810 e. The Morgan fingerprint density at radius 1 is 0.533 bits per heavy atom. The van der Waals surface area contributed by atoms with Gasteiger partial charge in [-0.15, -0.1) is 0 Å². The fourth-order valence-corrected chi connectivity index (χ4v) is 5.02. The molecule has 0 aliphatic rings. The summed E-state index contributed by atoms with van der Waals surface area (Å²) in [6.45, 7) is -1.14. The Labute approximate surface area is 183 Å². The first-order chi connectivity index (χ1) is 10.4. The summed E-state index contributed by atoms with van der Waals surface area (Å²) in [6.07, 6.45) is -4.54. The van der Waals surface area contributed by atoms with E-state index in [1.54, 1.807) is 0 Å². The first kappa shape index (κ1) is 48.3. The number of rotatable bonds is 11. The summed E-state index contributed by atoms with van der Waals surface area (Å²) in [5.74, 6) is 0. The molecule has 0 bridgehead atoms. The summed E-state index contributed by atoms with van der Waals surface area (Å²) in [4.78, 5) is 75.7. The van der Waals surface area contributed by atoms with E-state index in [-0.39, 0.29) is 47.5 Å². The maximum Gasteiger partial charge on any atom is 2.00 e. The van der Waals surface area contributed by atoms with E-state index in [2.05, 4.69) is 0 Å². The van der Waals surface area contributed by atoms with Crippen LogP contribution in [0.2, 0.25) is 0 Å². The van der Waals surface area contributed by atoms with Crippen molar-refractivity contribution in [3.63, 3.8) is 0 Å². The van der Waals surface area contributed by atoms with Crippen LogP contribution in [0.1, 0.15) is 0 Å². The molecular weight excluding hydrogens is 545 g/mol. The molecule has 0 saturated carbocycles. The summed E-state index contributed by atoms with van der Waals surface area (Å²) in [6, 6.07) is 0. The molecule has 0 amide bonds. The van der Waals surface area contributed by atoms with Gasteiger partial charge in [-0.2, -0.15) is 0 Å². The van der Waals surface area contributed by atoms with Gasteiger partial charge in [-0.3, -0.25) is 23.5 Å². The Morgan fingerprint density at radius 3 is 0.900 bits per heavy atom. The normalized spacial score (nSPS) is 11.7. The van der Waals surface area contributed by atoms with Crippen molar-refractivity contribution in [2.24, 2.45) is 0 Å². The van der Waals surface area contributed by atoms with Gasteiger partial charge in [0.25, 0.3) is 0 Å². The molecule has 24 heteroatoms. The van der Waals surface area contributed by atoms with Gasteiger partial charge in [0.15, 0.2) is 0 Å². The summed E-state index contributed by atoms with van der Waals surface area (Å²) in [5, 5.41) is 0. The van der Waals surface area contributed by atoms with Crippen molar-refractivity contribution < 1.29 is 74.2 Å². The van der Waals surface area contributed by atoms with Crippen molar-refractivity contribution >= 4 is 30.4 Å². The second-order valence-electron chi connectivity index (χ2n) is 4.96. The average molecular weight is 578 g/mol. The first-order valence-corrected chi connectivity index (χ1v) is 13.1. The van der Waals surface area contributed by atoms with Gasteiger partial charge in [-0.25, -0.2) is 0 Å². The van der Waals surface area contributed by atoms with Crippen LogP contribution in [0.5, 0.6) is 0 Å². The molecule has 19 nitrogen and oxygen atoms in total. The van der Waals surface area contributed by atoms with Gasteiger partial charge < -0.3 is 74.5 Å². The molecule has 0 aliphatic carbocycles. The van der Waals surface area contributed by atoms with Gasteiger partial charge in [0.1, 0.15) is 18.9 Å². The Bertz CT molecular complexity index is 506. The number of hydrogen-bond acceptors (Lipinski definition) is 13. The molecule has 21 N–H and O–H groups in total. The van der Waals surface area contributed by atoms with Gasteiger partial charge in [-0.05, 0) is 0 Å². The molecule has 0 heterocycles. The predicted molar refractivity (Wildman–Crippen MR) is 102 cm³/mol. The van der Waals surface area contributed by atoms with E-state index in [4.69, 9.17) is 29.4 Å². The van der Waals surface area contributed by atoms with E-state index in [0.717, 1.165) is 0 Å². The first-order valence-electron chi connectivity index (χ1n) is 5.96. The summed E-state index contributed by atoms with van der Waals surface area (Å²) >= 11 is 0. The third-order valence-corrected chi connectivity index (χ3v) is 5.31. The molecule has 0 fully saturated rings. The second kappa shape index (κ2) is 18.3. The van der Waals surface area contributed by atoms with Crippen molar-refractivity contribution in [2.45, 2.75) is 0 Å². The van der Waals surface area contributed by atoms with E-state index in [1.807, 2.05) is 0 Å². The largest absolute Gasteiger partial charge is 2.00 e. The molecule has 30 heavy (non-hydrogen) atoms. The van der Waals surface area contributed by atoms with Gasteiger partial charge in [0.05, 0.1) is 0 Å². The van der Waals surface area contributed by atoms with Crippen LogP contribution in [0.4, 0.5) is 0 Å². The minimum atomic E-state index is -5.19. The molecule has 193 valence electrons. The van der Waals surface area contributed by atoms with Crippen molar-refractivity contribution in [1.29, 1.82) is 0 Å². The Kier molecular flexibility index (Phi) is 29.4. The molecule has 1 radical (unpaired) electrons. The SMILES string of the molecule is N.N.N.N.N.O=P([O-])([O-])CN(CCN(CP(=O)(O)O)CP(=O)(O)O)CP(=O)(O)O.[Co+2]. The molecule has 0 aromatic heterocycles. The maximum absolute atomic E-state index is 10.9. The van der Waals surface area contributed by atoms with Crippen molar-refractivity contribution in [2.75, 3.05) is 38.2 Å². The van der Waals surface area contributed by atoms with Crippen LogP contribution in [-0.4, -0.2) is 77.4 Å². The Morgan fingerprint density at radius 2 is 0.733 bits per heavy atom. The van der Waals surface area contributed by atoms with Crippen LogP contribution in [0.15, 0.2) is 0 Å². The van der Waals surface area contributed by atoms with Crippen molar-refractivity contribution in [3.05, 3.63) is 0 Å². The number of hydrogen-bond donors (Lipinski definition) is 11. The zero-order chi connectivity index (χ0) is 19.4. The molecule has 0 spiro atoms. The van der Waals surface area contributed by atoms with Crippen LogP contribution in [0.3, 0.4) is 0 Å².